The SMILES string of the molecule is N[C@H]1C[n+]2c([nH]c3ncccc32)C[C@@H]1c1cc(F)c(F)cc1F. The maximum atomic E-state index is 14.1. The van der Waals surface area contributed by atoms with E-state index in [0.29, 0.717) is 19.0 Å². The van der Waals surface area contributed by atoms with Crippen molar-refractivity contribution in [2.75, 3.05) is 0 Å². The number of imidazole rings is 1. The lowest BCUT2D eigenvalue weighted by Crippen LogP contribution is -2.53. The molecule has 7 heteroatoms. The predicted molar refractivity (Wildman–Crippen MR) is 77.0 cm³/mol. The molecule has 0 spiro atoms. The molecule has 1 aromatic carbocycles. The highest BCUT2D eigenvalue weighted by molar-refractivity contribution is 5.65. The number of hydrogen-bond donors (Lipinski definition) is 2. The Kier molecular flexibility index (Phi) is 3.12. The smallest absolute Gasteiger partial charge is 0.266 e. The summed E-state index contributed by atoms with van der Waals surface area (Å²) in [5.41, 5.74) is 7.94. The molecule has 0 saturated heterocycles. The van der Waals surface area contributed by atoms with Crippen molar-refractivity contribution in [1.82, 2.24) is 9.97 Å². The van der Waals surface area contributed by atoms with Gasteiger partial charge in [0, 0.05) is 18.2 Å². The second-order valence-electron chi connectivity index (χ2n) is 5.82. The van der Waals surface area contributed by atoms with Crippen molar-refractivity contribution in [2.24, 2.45) is 5.73 Å². The molecule has 1 aliphatic rings. The summed E-state index contributed by atoms with van der Waals surface area (Å²) >= 11 is 0. The molecule has 2 atom stereocenters. The van der Waals surface area contributed by atoms with Crippen LogP contribution in [0.25, 0.3) is 11.2 Å². The number of nitrogens with two attached hydrogens (primary N) is 1. The molecule has 1 aliphatic heterocycles. The lowest BCUT2D eigenvalue weighted by Gasteiger charge is -2.26. The molecule has 3 N–H and O–H groups in total. The summed E-state index contributed by atoms with van der Waals surface area (Å²) in [6.07, 6.45) is 2.08. The summed E-state index contributed by atoms with van der Waals surface area (Å²) in [5, 5.41) is 0. The molecule has 0 radical (unpaired) electrons. The Labute approximate surface area is 129 Å². The molecule has 4 rings (SSSR count). The zero-order valence-corrected chi connectivity index (χ0v) is 12.1. The van der Waals surface area contributed by atoms with Gasteiger partial charge in [-0.1, -0.05) is 0 Å². The van der Waals surface area contributed by atoms with Crippen LogP contribution in [0.1, 0.15) is 17.3 Å². The van der Waals surface area contributed by atoms with E-state index in [9.17, 15) is 13.2 Å². The minimum atomic E-state index is -1.19. The summed E-state index contributed by atoms with van der Waals surface area (Å²) < 4.78 is 42.7. The van der Waals surface area contributed by atoms with Gasteiger partial charge in [-0.3, -0.25) is 0 Å². The summed E-state index contributed by atoms with van der Waals surface area (Å²) in [6.45, 7) is 0.449. The number of nitrogens with one attached hydrogen (secondary N) is 1. The molecule has 0 saturated carbocycles. The zero-order chi connectivity index (χ0) is 16.1. The monoisotopic (exact) mass is 319 g/mol. The lowest BCUT2D eigenvalue weighted by molar-refractivity contribution is -0.686. The van der Waals surface area contributed by atoms with Crippen molar-refractivity contribution in [3.8, 4) is 0 Å². The van der Waals surface area contributed by atoms with E-state index in [2.05, 4.69) is 9.97 Å². The third kappa shape index (κ3) is 2.19. The molecule has 23 heavy (non-hydrogen) atoms. The first-order valence-corrected chi connectivity index (χ1v) is 7.30. The van der Waals surface area contributed by atoms with Crippen LogP contribution < -0.4 is 10.3 Å². The number of benzene rings is 1. The van der Waals surface area contributed by atoms with Crippen molar-refractivity contribution < 1.29 is 17.7 Å². The first kappa shape index (κ1) is 14.2. The Morgan fingerprint density at radius 1 is 1.17 bits per heavy atom. The number of fused-ring (bicyclic) bond motifs is 3. The van der Waals surface area contributed by atoms with Crippen molar-refractivity contribution in [3.05, 3.63) is 59.3 Å². The van der Waals surface area contributed by atoms with Crippen LogP contribution >= 0.6 is 0 Å². The fraction of sp³-hybridized carbons (Fsp3) is 0.250. The Balaban J connectivity index is 1.79. The average molecular weight is 319 g/mol. The van der Waals surface area contributed by atoms with Gasteiger partial charge in [-0.25, -0.2) is 27.7 Å². The Hall–Kier alpha value is -2.41. The standard InChI is InChI=1S/C16H13F3N4/c17-10-6-12(19)11(18)4-8(10)9-5-15-22-16-14(2-1-3-21-16)23(15)7-13(9)20/h1-4,6,9,13H,5,7,20H2/p+1/t9-,13+/m1/s1. The van der Waals surface area contributed by atoms with Gasteiger partial charge >= 0.3 is 0 Å². The minimum Gasteiger partial charge on any atom is -0.324 e. The Morgan fingerprint density at radius 3 is 2.78 bits per heavy atom. The van der Waals surface area contributed by atoms with Gasteiger partial charge in [-0.05, 0) is 23.8 Å². The highest BCUT2D eigenvalue weighted by Gasteiger charge is 2.36. The van der Waals surface area contributed by atoms with E-state index in [1.54, 1.807) is 6.20 Å². The molecule has 118 valence electrons. The number of aromatic amines is 1. The Morgan fingerprint density at radius 2 is 1.96 bits per heavy atom. The van der Waals surface area contributed by atoms with Crippen LogP contribution in [0.2, 0.25) is 0 Å². The summed E-state index contributed by atoms with van der Waals surface area (Å²) in [7, 11) is 0. The first-order chi connectivity index (χ1) is 11.0. The second kappa shape index (κ2) is 5.06. The minimum absolute atomic E-state index is 0.106. The van der Waals surface area contributed by atoms with E-state index in [1.165, 1.54) is 0 Å². The largest absolute Gasteiger partial charge is 0.324 e. The van der Waals surface area contributed by atoms with Crippen molar-refractivity contribution in [3.63, 3.8) is 0 Å². The molecular formula is C16H14F3N4+. The van der Waals surface area contributed by atoms with Gasteiger partial charge in [0.2, 0.25) is 0 Å². The van der Waals surface area contributed by atoms with Crippen molar-refractivity contribution in [1.29, 1.82) is 0 Å². The zero-order valence-electron chi connectivity index (χ0n) is 12.1. The van der Waals surface area contributed by atoms with Crippen LogP contribution in [0.5, 0.6) is 0 Å². The molecule has 3 aromatic rings. The third-order valence-electron chi connectivity index (χ3n) is 4.43. The molecule has 0 aliphatic carbocycles. The molecule has 0 fully saturated rings. The third-order valence-corrected chi connectivity index (χ3v) is 4.43. The van der Waals surface area contributed by atoms with Crippen molar-refractivity contribution >= 4 is 11.2 Å². The topological polar surface area (TPSA) is 58.6 Å². The summed E-state index contributed by atoms with van der Waals surface area (Å²) in [6, 6.07) is 4.83. The van der Waals surface area contributed by atoms with Crippen LogP contribution in [-0.2, 0) is 13.0 Å². The van der Waals surface area contributed by atoms with Gasteiger partial charge in [-0.15, -0.1) is 0 Å². The van der Waals surface area contributed by atoms with Gasteiger partial charge in [0.05, 0.1) is 12.5 Å². The van der Waals surface area contributed by atoms with Crippen LogP contribution in [0, 0.1) is 17.5 Å². The lowest BCUT2D eigenvalue weighted by atomic mass is 9.86. The molecular weight excluding hydrogens is 305 g/mol. The van der Waals surface area contributed by atoms with Gasteiger partial charge in [0.15, 0.2) is 17.2 Å². The predicted octanol–water partition coefficient (Wildman–Crippen LogP) is 1.93. The molecule has 3 heterocycles. The van der Waals surface area contributed by atoms with E-state index in [1.807, 2.05) is 16.7 Å². The fourth-order valence-corrected chi connectivity index (χ4v) is 3.29. The van der Waals surface area contributed by atoms with E-state index in [0.717, 1.165) is 23.1 Å². The number of pyridine rings is 1. The van der Waals surface area contributed by atoms with Crippen LogP contribution in [0.4, 0.5) is 13.2 Å². The number of halogens is 3. The van der Waals surface area contributed by atoms with Crippen LogP contribution in [0.15, 0.2) is 30.5 Å². The molecule has 0 bridgehead atoms. The first-order valence-electron chi connectivity index (χ1n) is 7.30. The van der Waals surface area contributed by atoms with Crippen molar-refractivity contribution in [2.45, 2.75) is 24.9 Å². The van der Waals surface area contributed by atoms with E-state index < -0.39 is 29.4 Å². The van der Waals surface area contributed by atoms with E-state index in [4.69, 9.17) is 5.73 Å². The summed E-state index contributed by atoms with van der Waals surface area (Å²) in [4.78, 5) is 7.44. The van der Waals surface area contributed by atoms with Crippen LogP contribution in [0.3, 0.4) is 0 Å². The van der Waals surface area contributed by atoms with E-state index >= 15 is 0 Å². The highest BCUT2D eigenvalue weighted by atomic mass is 19.2. The molecule has 0 unspecified atom stereocenters. The van der Waals surface area contributed by atoms with E-state index in [-0.39, 0.29) is 5.56 Å². The van der Waals surface area contributed by atoms with Gasteiger partial charge in [0.25, 0.3) is 11.5 Å². The second-order valence-corrected chi connectivity index (χ2v) is 5.82. The number of hydrogen-bond acceptors (Lipinski definition) is 2. The fourth-order valence-electron chi connectivity index (χ4n) is 3.29. The highest BCUT2D eigenvalue weighted by Crippen LogP contribution is 2.30. The van der Waals surface area contributed by atoms with Gasteiger partial charge < -0.3 is 5.73 Å². The summed E-state index contributed by atoms with van der Waals surface area (Å²) in [5.74, 6) is -2.62. The normalized spacial score (nSPS) is 20.7. The Bertz CT molecular complexity index is 906. The number of nitrogens with zero attached hydrogens (tertiary/aromatic N) is 2. The van der Waals surface area contributed by atoms with Gasteiger partial charge in [-0.2, -0.15) is 0 Å². The number of rotatable bonds is 1. The van der Waals surface area contributed by atoms with Crippen LogP contribution in [-0.4, -0.2) is 16.0 Å². The number of H-pyrrole nitrogens is 1. The maximum absolute atomic E-state index is 14.1. The molecule has 4 nitrogen and oxygen atoms in total. The maximum Gasteiger partial charge on any atom is 0.266 e. The molecule has 2 aromatic heterocycles. The quantitative estimate of drug-likeness (QED) is 0.532. The average Bonchev–Trinajstić information content (AvgIpc) is 2.88. The number of aromatic nitrogens is 3. The van der Waals surface area contributed by atoms with Gasteiger partial charge in [0.1, 0.15) is 12.4 Å². The molecule has 0 amide bonds.